The Morgan fingerprint density at radius 3 is 2.74 bits per heavy atom. The summed E-state index contributed by atoms with van der Waals surface area (Å²) in [5.41, 5.74) is 2.00. The molecule has 0 amide bonds. The molecule has 162 valence electrons. The van der Waals surface area contributed by atoms with Crippen molar-refractivity contribution in [3.05, 3.63) is 49.1 Å². The third-order valence-electron chi connectivity index (χ3n) is 7.28. The summed E-state index contributed by atoms with van der Waals surface area (Å²) in [5.74, 6) is 0.753. The molecule has 2 bridgehead atoms. The molecular formula is C23H27FN6O. The number of phenolic OH excluding ortho intramolecular Hbond substituents is 1. The van der Waals surface area contributed by atoms with Crippen LogP contribution < -0.4 is 4.90 Å². The Kier molecular flexibility index (Phi) is 4.69. The van der Waals surface area contributed by atoms with Crippen LogP contribution in [0.3, 0.4) is 0 Å². The van der Waals surface area contributed by atoms with Crippen LogP contribution in [0.5, 0.6) is 5.75 Å². The first kappa shape index (κ1) is 19.9. The average molecular weight is 423 g/mol. The van der Waals surface area contributed by atoms with Gasteiger partial charge in [-0.25, -0.2) is 9.37 Å². The van der Waals surface area contributed by atoms with Crippen molar-refractivity contribution in [2.24, 2.45) is 0 Å². The van der Waals surface area contributed by atoms with E-state index in [-0.39, 0.29) is 23.4 Å². The van der Waals surface area contributed by atoms with E-state index in [0.29, 0.717) is 17.1 Å². The molecule has 2 saturated heterocycles. The van der Waals surface area contributed by atoms with Gasteiger partial charge in [0, 0.05) is 42.7 Å². The number of anilines is 1. The van der Waals surface area contributed by atoms with Crippen LogP contribution in [0.15, 0.2) is 49.1 Å². The molecule has 2 aliphatic rings. The standard InChI is InChI=1S/C23H27FN6O/c1-23-9-8-18(29(23)3)22(24)19(13-23)28(2)21-7-6-17(26-27-21)16-5-4-15(12-20(16)31)30-11-10-25-14-30/h4-7,10-12,14,18-19,22,31H,8-9,13H2,1-3H3/t18?,19-,22+,23-/m1/s1. The van der Waals surface area contributed by atoms with E-state index in [9.17, 15) is 5.11 Å². The molecule has 31 heavy (non-hydrogen) atoms. The molecule has 8 heteroatoms. The minimum Gasteiger partial charge on any atom is -0.507 e. The van der Waals surface area contributed by atoms with Gasteiger partial charge >= 0.3 is 0 Å². The van der Waals surface area contributed by atoms with E-state index in [0.717, 1.165) is 24.9 Å². The highest BCUT2D eigenvalue weighted by molar-refractivity contribution is 5.69. The number of rotatable bonds is 4. The molecule has 0 aliphatic carbocycles. The van der Waals surface area contributed by atoms with Crippen LogP contribution in [0.1, 0.15) is 26.2 Å². The molecule has 0 saturated carbocycles. The minimum atomic E-state index is -0.924. The summed E-state index contributed by atoms with van der Waals surface area (Å²) in [5, 5.41) is 19.2. The van der Waals surface area contributed by atoms with Crippen molar-refractivity contribution in [1.82, 2.24) is 24.6 Å². The maximum absolute atomic E-state index is 15.3. The van der Waals surface area contributed by atoms with Gasteiger partial charge in [0.05, 0.1) is 23.8 Å². The molecule has 7 nitrogen and oxygen atoms in total. The molecule has 1 aromatic carbocycles. The number of hydrogen-bond acceptors (Lipinski definition) is 6. The first-order valence-electron chi connectivity index (χ1n) is 10.6. The number of aromatic hydroxyl groups is 1. The van der Waals surface area contributed by atoms with Gasteiger partial charge in [-0.3, -0.25) is 4.90 Å². The molecule has 2 aliphatic heterocycles. The Bertz CT molecular complexity index is 1070. The summed E-state index contributed by atoms with van der Waals surface area (Å²) in [6.45, 7) is 2.23. The van der Waals surface area contributed by atoms with Gasteiger partial charge in [0.1, 0.15) is 11.9 Å². The second kappa shape index (κ2) is 7.30. The fourth-order valence-electron chi connectivity index (χ4n) is 5.15. The zero-order valence-electron chi connectivity index (χ0n) is 18.0. The van der Waals surface area contributed by atoms with Gasteiger partial charge in [0.15, 0.2) is 5.82 Å². The van der Waals surface area contributed by atoms with Crippen LogP contribution in [-0.4, -0.2) is 67.6 Å². The van der Waals surface area contributed by atoms with Crippen molar-refractivity contribution in [2.75, 3.05) is 19.0 Å². The number of aromatic nitrogens is 4. The van der Waals surface area contributed by atoms with Crippen LogP contribution in [-0.2, 0) is 0 Å². The molecule has 4 atom stereocenters. The first-order valence-corrected chi connectivity index (χ1v) is 10.6. The number of alkyl halides is 1. The number of phenols is 1. The highest BCUT2D eigenvalue weighted by Gasteiger charge is 2.53. The molecule has 0 radical (unpaired) electrons. The number of piperidine rings is 1. The Hall–Kier alpha value is -3.00. The van der Waals surface area contributed by atoms with Gasteiger partial charge in [0.25, 0.3) is 0 Å². The quantitative estimate of drug-likeness (QED) is 0.695. The van der Waals surface area contributed by atoms with E-state index in [4.69, 9.17) is 0 Å². The molecule has 5 rings (SSSR count). The van der Waals surface area contributed by atoms with Gasteiger partial charge in [-0.1, -0.05) is 0 Å². The van der Waals surface area contributed by atoms with Crippen molar-refractivity contribution in [3.8, 4) is 22.7 Å². The third-order valence-corrected chi connectivity index (χ3v) is 7.28. The smallest absolute Gasteiger partial charge is 0.151 e. The Morgan fingerprint density at radius 1 is 1.23 bits per heavy atom. The second-order valence-electron chi connectivity index (χ2n) is 8.99. The summed E-state index contributed by atoms with van der Waals surface area (Å²) in [4.78, 5) is 8.16. The molecular weight excluding hydrogens is 395 g/mol. The average Bonchev–Trinajstić information content (AvgIpc) is 3.37. The van der Waals surface area contributed by atoms with Crippen LogP contribution in [0, 0.1) is 0 Å². The van der Waals surface area contributed by atoms with Gasteiger partial charge in [-0.05, 0) is 57.5 Å². The number of imidazole rings is 1. The van der Waals surface area contributed by atoms with Crippen LogP contribution in [0.4, 0.5) is 10.2 Å². The van der Waals surface area contributed by atoms with E-state index in [1.54, 1.807) is 18.6 Å². The van der Waals surface area contributed by atoms with E-state index in [2.05, 4.69) is 27.0 Å². The van der Waals surface area contributed by atoms with E-state index < -0.39 is 6.17 Å². The minimum absolute atomic E-state index is 0.0301. The Labute approximate surface area is 181 Å². The number of fused-ring (bicyclic) bond motifs is 2. The largest absolute Gasteiger partial charge is 0.507 e. The fourth-order valence-corrected chi connectivity index (χ4v) is 5.15. The van der Waals surface area contributed by atoms with Crippen molar-refractivity contribution < 1.29 is 9.50 Å². The lowest BCUT2D eigenvalue weighted by Gasteiger charge is -2.48. The topological polar surface area (TPSA) is 70.3 Å². The molecule has 2 aromatic heterocycles. The Balaban J connectivity index is 1.37. The van der Waals surface area contributed by atoms with Gasteiger partial charge < -0.3 is 14.6 Å². The highest BCUT2D eigenvalue weighted by atomic mass is 19.1. The normalized spacial score (nSPS) is 28.1. The maximum atomic E-state index is 15.3. The summed E-state index contributed by atoms with van der Waals surface area (Å²) < 4.78 is 17.1. The lowest BCUT2D eigenvalue weighted by molar-refractivity contribution is 0.0221. The van der Waals surface area contributed by atoms with E-state index in [1.165, 1.54) is 0 Å². The Morgan fingerprint density at radius 2 is 2.06 bits per heavy atom. The first-order chi connectivity index (χ1) is 14.9. The summed E-state index contributed by atoms with van der Waals surface area (Å²) in [7, 11) is 3.94. The maximum Gasteiger partial charge on any atom is 0.151 e. The summed E-state index contributed by atoms with van der Waals surface area (Å²) in [6, 6.07) is 8.78. The molecule has 4 heterocycles. The van der Waals surface area contributed by atoms with Gasteiger partial charge in [0.2, 0.25) is 0 Å². The fraction of sp³-hybridized carbons (Fsp3) is 0.435. The predicted octanol–water partition coefficient (Wildman–Crippen LogP) is 3.43. The van der Waals surface area contributed by atoms with Crippen molar-refractivity contribution in [2.45, 2.75) is 50.0 Å². The summed E-state index contributed by atoms with van der Waals surface area (Å²) in [6.07, 6.45) is 6.93. The lowest BCUT2D eigenvalue weighted by Crippen LogP contribution is -2.60. The van der Waals surface area contributed by atoms with Crippen molar-refractivity contribution >= 4 is 5.82 Å². The van der Waals surface area contributed by atoms with Crippen LogP contribution in [0.25, 0.3) is 16.9 Å². The van der Waals surface area contributed by atoms with Crippen LogP contribution >= 0.6 is 0 Å². The molecule has 2 fully saturated rings. The number of hydrogen-bond donors (Lipinski definition) is 1. The predicted molar refractivity (Wildman–Crippen MR) is 117 cm³/mol. The summed E-state index contributed by atoms with van der Waals surface area (Å²) >= 11 is 0. The number of nitrogens with zero attached hydrogens (tertiary/aromatic N) is 6. The van der Waals surface area contributed by atoms with Gasteiger partial charge in [-0.15, -0.1) is 10.2 Å². The van der Waals surface area contributed by atoms with Crippen LogP contribution in [0.2, 0.25) is 0 Å². The van der Waals surface area contributed by atoms with E-state index in [1.807, 2.05) is 54.0 Å². The molecule has 1 N–H and O–H groups in total. The lowest BCUT2D eigenvalue weighted by atomic mass is 9.86. The number of benzene rings is 1. The van der Waals surface area contributed by atoms with Crippen molar-refractivity contribution in [3.63, 3.8) is 0 Å². The molecule has 3 aromatic rings. The van der Waals surface area contributed by atoms with E-state index >= 15 is 4.39 Å². The van der Waals surface area contributed by atoms with Crippen molar-refractivity contribution in [1.29, 1.82) is 0 Å². The highest BCUT2D eigenvalue weighted by Crippen LogP contribution is 2.45. The third kappa shape index (κ3) is 3.26. The second-order valence-corrected chi connectivity index (χ2v) is 8.99. The molecule has 0 spiro atoms. The zero-order chi connectivity index (χ0) is 21.8. The SMILES string of the molecule is CN(c1ccc(-c2ccc(-n3ccnc3)cc2O)nn1)[C@@H]1C[C@@]2(C)CCC([C@@H]1F)N2C. The van der Waals surface area contributed by atoms with Gasteiger partial charge in [-0.2, -0.15) is 0 Å². The zero-order valence-corrected chi connectivity index (χ0v) is 18.0. The molecule has 1 unspecified atom stereocenters. The number of halogens is 1. The monoisotopic (exact) mass is 422 g/mol.